The van der Waals surface area contributed by atoms with Crippen molar-refractivity contribution in [2.75, 3.05) is 19.6 Å². The van der Waals surface area contributed by atoms with Crippen molar-refractivity contribution in [1.29, 1.82) is 0 Å². The van der Waals surface area contributed by atoms with Crippen LogP contribution in [0.5, 0.6) is 0 Å². The Kier molecular flexibility index (Phi) is 8.21. The fourth-order valence-electron chi connectivity index (χ4n) is 4.85. The van der Waals surface area contributed by atoms with Crippen LogP contribution in [0.15, 0.2) is 113 Å². The summed E-state index contributed by atoms with van der Waals surface area (Å²) in [5.74, 6) is -1.17. The molecule has 39 heavy (non-hydrogen) atoms. The Morgan fingerprint density at radius 2 is 1.41 bits per heavy atom. The minimum Gasteiger partial charge on any atom is -0.350 e. The molecule has 1 atom stereocenters. The molecule has 1 saturated heterocycles. The number of benzene rings is 3. The standard InChI is InChI=1S/C30H29N3O4S2/c34-29(31-21-25-15-10-20-38-25)27-22-32(18-19-33(27)39(36,37)26-16-8-3-9-17-26)30(35)28(23-11-4-1-5-12-23)24-13-6-2-7-14-24/h1-17,20,27-28H,18-19,21-22H2,(H,31,34). The normalized spacial score (nSPS) is 16.2. The quantitative estimate of drug-likeness (QED) is 0.352. The fraction of sp³-hybridized carbons (Fsp3) is 0.200. The highest BCUT2D eigenvalue weighted by molar-refractivity contribution is 7.89. The van der Waals surface area contributed by atoms with Crippen molar-refractivity contribution < 1.29 is 18.0 Å². The maximum absolute atomic E-state index is 14.1. The Labute approximate surface area is 232 Å². The summed E-state index contributed by atoms with van der Waals surface area (Å²) in [5.41, 5.74) is 1.68. The zero-order valence-electron chi connectivity index (χ0n) is 21.2. The van der Waals surface area contributed by atoms with E-state index in [1.807, 2.05) is 78.2 Å². The van der Waals surface area contributed by atoms with Crippen molar-refractivity contribution in [3.63, 3.8) is 0 Å². The van der Waals surface area contributed by atoms with Crippen molar-refractivity contribution in [2.45, 2.75) is 23.4 Å². The van der Waals surface area contributed by atoms with Gasteiger partial charge in [-0.3, -0.25) is 9.59 Å². The van der Waals surface area contributed by atoms with E-state index in [1.54, 1.807) is 23.1 Å². The molecular formula is C30H29N3O4S2. The number of thiophene rings is 1. The molecule has 2 heterocycles. The second-order valence-corrected chi connectivity index (χ2v) is 12.2. The van der Waals surface area contributed by atoms with Crippen LogP contribution in [0, 0.1) is 0 Å². The molecule has 0 aliphatic carbocycles. The zero-order chi connectivity index (χ0) is 27.2. The Bertz CT molecular complexity index is 1460. The van der Waals surface area contributed by atoms with E-state index in [0.29, 0.717) is 0 Å². The van der Waals surface area contributed by atoms with Gasteiger partial charge in [-0.05, 0) is 34.7 Å². The number of hydrogen-bond donors (Lipinski definition) is 1. The van der Waals surface area contributed by atoms with Crippen LogP contribution in [0.2, 0.25) is 0 Å². The van der Waals surface area contributed by atoms with Gasteiger partial charge in [-0.1, -0.05) is 84.9 Å². The SMILES string of the molecule is O=C(NCc1cccs1)C1CN(C(=O)C(c2ccccc2)c2ccccc2)CCN1S(=O)(=O)c1ccccc1. The van der Waals surface area contributed by atoms with Crippen LogP contribution in [0.1, 0.15) is 21.9 Å². The van der Waals surface area contributed by atoms with E-state index in [9.17, 15) is 18.0 Å². The lowest BCUT2D eigenvalue weighted by molar-refractivity contribution is -0.136. The Morgan fingerprint density at radius 1 is 0.821 bits per heavy atom. The van der Waals surface area contributed by atoms with Gasteiger partial charge in [-0.15, -0.1) is 11.3 Å². The van der Waals surface area contributed by atoms with E-state index in [2.05, 4.69) is 5.32 Å². The molecular weight excluding hydrogens is 530 g/mol. The van der Waals surface area contributed by atoms with Crippen molar-refractivity contribution in [1.82, 2.24) is 14.5 Å². The smallest absolute Gasteiger partial charge is 0.243 e. The van der Waals surface area contributed by atoms with Gasteiger partial charge in [0, 0.05) is 24.5 Å². The Balaban J connectivity index is 1.45. The number of hydrogen-bond acceptors (Lipinski definition) is 5. The molecule has 0 spiro atoms. The molecule has 2 amide bonds. The summed E-state index contributed by atoms with van der Waals surface area (Å²) in [6.45, 7) is 0.431. The van der Waals surface area contributed by atoms with Crippen molar-refractivity contribution >= 4 is 33.2 Å². The van der Waals surface area contributed by atoms with Gasteiger partial charge in [0.15, 0.2) is 0 Å². The highest BCUT2D eigenvalue weighted by Crippen LogP contribution is 2.29. The first-order valence-corrected chi connectivity index (χ1v) is 15.0. The molecule has 0 bridgehead atoms. The van der Waals surface area contributed by atoms with Gasteiger partial charge in [0.1, 0.15) is 6.04 Å². The molecule has 1 N–H and O–H groups in total. The van der Waals surface area contributed by atoms with Gasteiger partial charge in [-0.2, -0.15) is 4.31 Å². The number of carbonyl (C=O) groups excluding carboxylic acids is 2. The molecule has 0 saturated carbocycles. The molecule has 7 nitrogen and oxygen atoms in total. The second kappa shape index (κ2) is 11.9. The third kappa shape index (κ3) is 5.95. The summed E-state index contributed by atoms with van der Waals surface area (Å²) in [5, 5.41) is 4.81. The highest BCUT2D eigenvalue weighted by atomic mass is 32.2. The van der Waals surface area contributed by atoms with Gasteiger partial charge in [0.05, 0.1) is 17.4 Å². The van der Waals surface area contributed by atoms with Crippen LogP contribution in [0.3, 0.4) is 0 Å². The van der Waals surface area contributed by atoms with E-state index in [-0.39, 0.29) is 37.0 Å². The first-order valence-electron chi connectivity index (χ1n) is 12.7. The molecule has 1 aromatic heterocycles. The fourth-order valence-corrected chi connectivity index (χ4v) is 7.09. The summed E-state index contributed by atoms with van der Waals surface area (Å²) in [6, 6.07) is 29.9. The largest absolute Gasteiger partial charge is 0.350 e. The first-order chi connectivity index (χ1) is 18.9. The van der Waals surface area contributed by atoms with E-state index >= 15 is 0 Å². The van der Waals surface area contributed by atoms with Crippen LogP contribution < -0.4 is 5.32 Å². The van der Waals surface area contributed by atoms with Crippen LogP contribution in [0.25, 0.3) is 0 Å². The minimum atomic E-state index is -3.96. The molecule has 5 rings (SSSR count). The summed E-state index contributed by atoms with van der Waals surface area (Å²) >= 11 is 1.51. The molecule has 9 heteroatoms. The highest BCUT2D eigenvalue weighted by Gasteiger charge is 2.42. The van der Waals surface area contributed by atoms with Crippen LogP contribution in [-0.4, -0.2) is 55.1 Å². The second-order valence-electron chi connectivity index (χ2n) is 9.28. The molecule has 0 radical (unpaired) electrons. The van der Waals surface area contributed by atoms with E-state index in [4.69, 9.17) is 0 Å². The summed E-state index contributed by atoms with van der Waals surface area (Å²) in [6.07, 6.45) is 0. The monoisotopic (exact) mass is 559 g/mol. The predicted octanol–water partition coefficient (Wildman–Crippen LogP) is 4.10. The number of carbonyl (C=O) groups is 2. The van der Waals surface area contributed by atoms with Gasteiger partial charge in [0.2, 0.25) is 21.8 Å². The topological polar surface area (TPSA) is 86.8 Å². The van der Waals surface area contributed by atoms with E-state index < -0.39 is 27.9 Å². The summed E-state index contributed by atoms with van der Waals surface area (Å²) < 4.78 is 28.5. The zero-order valence-corrected chi connectivity index (χ0v) is 22.9. The number of rotatable bonds is 8. The van der Waals surface area contributed by atoms with Crippen LogP contribution in [0.4, 0.5) is 0 Å². The molecule has 1 aliphatic rings. The predicted molar refractivity (Wildman–Crippen MR) is 152 cm³/mol. The summed E-state index contributed by atoms with van der Waals surface area (Å²) in [4.78, 5) is 30.3. The lowest BCUT2D eigenvalue weighted by atomic mass is 9.89. The number of nitrogens with one attached hydrogen (secondary N) is 1. The van der Waals surface area contributed by atoms with Crippen molar-refractivity contribution in [3.8, 4) is 0 Å². The maximum Gasteiger partial charge on any atom is 0.243 e. The van der Waals surface area contributed by atoms with Gasteiger partial charge in [0.25, 0.3) is 0 Å². The van der Waals surface area contributed by atoms with E-state index in [1.165, 1.54) is 27.8 Å². The number of amides is 2. The lowest BCUT2D eigenvalue weighted by Gasteiger charge is -2.40. The molecule has 1 aliphatic heterocycles. The third-order valence-electron chi connectivity index (χ3n) is 6.83. The van der Waals surface area contributed by atoms with Gasteiger partial charge < -0.3 is 10.2 Å². The van der Waals surface area contributed by atoms with Crippen molar-refractivity contribution in [3.05, 3.63) is 125 Å². The number of nitrogens with zero attached hydrogens (tertiary/aromatic N) is 2. The Hall–Kier alpha value is -3.79. The lowest BCUT2D eigenvalue weighted by Crippen LogP contribution is -2.61. The average Bonchev–Trinajstić information content (AvgIpc) is 3.51. The van der Waals surface area contributed by atoms with Crippen LogP contribution >= 0.6 is 11.3 Å². The Morgan fingerprint density at radius 3 is 1.97 bits per heavy atom. The molecule has 1 fully saturated rings. The molecule has 3 aromatic carbocycles. The maximum atomic E-state index is 14.1. The number of piperazine rings is 1. The minimum absolute atomic E-state index is 0.0103. The summed E-state index contributed by atoms with van der Waals surface area (Å²) in [7, 11) is -3.96. The molecule has 1 unspecified atom stereocenters. The van der Waals surface area contributed by atoms with Gasteiger partial charge >= 0.3 is 0 Å². The first kappa shape index (κ1) is 26.8. The third-order valence-corrected chi connectivity index (χ3v) is 9.62. The van der Waals surface area contributed by atoms with E-state index in [0.717, 1.165) is 16.0 Å². The molecule has 4 aromatic rings. The van der Waals surface area contributed by atoms with Crippen LogP contribution in [-0.2, 0) is 26.2 Å². The average molecular weight is 560 g/mol. The van der Waals surface area contributed by atoms with Gasteiger partial charge in [-0.25, -0.2) is 8.42 Å². The number of sulfonamides is 1. The van der Waals surface area contributed by atoms with Crippen molar-refractivity contribution in [2.24, 2.45) is 0 Å². The molecule has 200 valence electrons.